The first-order chi connectivity index (χ1) is 23.0. The number of carbonyl (C=O) groups is 3. The van der Waals surface area contributed by atoms with Gasteiger partial charge in [0.05, 0.1) is 12.6 Å². The van der Waals surface area contributed by atoms with Gasteiger partial charge in [0.1, 0.15) is 24.9 Å². The molecule has 5 N–H and O–H groups in total. The van der Waals surface area contributed by atoms with Gasteiger partial charge in [-0.05, 0) is 39.8 Å². The first-order valence-electron chi connectivity index (χ1n) is 15.5. The number of amides is 2. The molecule has 0 aliphatic heterocycles. The van der Waals surface area contributed by atoms with Crippen LogP contribution in [-0.4, -0.2) is 62.8 Å². The second-order valence-electron chi connectivity index (χ2n) is 11.3. The lowest BCUT2D eigenvalue weighted by Gasteiger charge is -2.30. The van der Waals surface area contributed by atoms with Gasteiger partial charge in [0.15, 0.2) is 0 Å². The van der Waals surface area contributed by atoms with Crippen molar-refractivity contribution in [3.63, 3.8) is 0 Å². The van der Waals surface area contributed by atoms with Gasteiger partial charge in [-0.1, -0.05) is 109 Å². The standard InChI is InChI=1S/C37H39N3O7/c38-21-34(33(46-36(39)42)20-26-13-5-2-6-14-26)44-23-35(32(40-24-41)19-25-11-3-1-4-12-25)47-37(43)45-22-31-29-17-9-7-15-27(29)28-16-8-10-18-30(28)31/h1-18,24,31-35H,19-23,38H2,(H2,39,42)(H,40,41). The Kier molecular flexibility index (Phi) is 11.6. The molecular formula is C37H39N3O7. The van der Waals surface area contributed by atoms with Gasteiger partial charge in [0, 0.05) is 18.9 Å². The molecule has 2 amide bonds. The van der Waals surface area contributed by atoms with E-state index in [1.165, 1.54) is 0 Å². The molecule has 10 nitrogen and oxygen atoms in total. The van der Waals surface area contributed by atoms with E-state index in [9.17, 15) is 14.4 Å². The lowest BCUT2D eigenvalue weighted by Crippen LogP contribution is -2.49. The lowest BCUT2D eigenvalue weighted by atomic mass is 9.98. The number of primary amides is 1. The van der Waals surface area contributed by atoms with Gasteiger partial charge >= 0.3 is 12.2 Å². The quantitative estimate of drug-likeness (QED) is 0.118. The monoisotopic (exact) mass is 637 g/mol. The molecule has 0 heterocycles. The van der Waals surface area contributed by atoms with Crippen molar-refractivity contribution in [1.29, 1.82) is 0 Å². The minimum absolute atomic E-state index is 0.0209. The summed E-state index contributed by atoms with van der Waals surface area (Å²) in [6.07, 6.45) is -3.31. The first kappa shape index (κ1) is 33.2. The normalized spacial score (nSPS) is 14.5. The Morgan fingerprint density at radius 1 is 0.723 bits per heavy atom. The van der Waals surface area contributed by atoms with Gasteiger partial charge in [-0.15, -0.1) is 0 Å². The summed E-state index contributed by atoms with van der Waals surface area (Å²) in [5.74, 6) is -0.163. The summed E-state index contributed by atoms with van der Waals surface area (Å²) >= 11 is 0. The highest BCUT2D eigenvalue weighted by Crippen LogP contribution is 2.44. The van der Waals surface area contributed by atoms with Crippen LogP contribution in [0.1, 0.15) is 28.2 Å². The summed E-state index contributed by atoms with van der Waals surface area (Å²) in [6.45, 7) is -0.146. The van der Waals surface area contributed by atoms with Crippen LogP contribution in [0.3, 0.4) is 0 Å². The number of fused-ring (bicyclic) bond motifs is 3. The number of rotatable bonds is 16. The average molecular weight is 638 g/mol. The highest BCUT2D eigenvalue weighted by atomic mass is 16.7. The average Bonchev–Trinajstić information content (AvgIpc) is 3.41. The summed E-state index contributed by atoms with van der Waals surface area (Å²) < 4.78 is 23.2. The molecule has 0 fully saturated rings. The van der Waals surface area contributed by atoms with Crippen LogP contribution >= 0.6 is 0 Å². The smallest absolute Gasteiger partial charge is 0.443 e. The zero-order valence-corrected chi connectivity index (χ0v) is 25.9. The molecule has 4 aromatic rings. The largest absolute Gasteiger partial charge is 0.508 e. The van der Waals surface area contributed by atoms with Gasteiger partial charge in [-0.2, -0.15) is 0 Å². The predicted octanol–water partition coefficient (Wildman–Crippen LogP) is 4.73. The molecule has 4 unspecified atom stereocenters. The van der Waals surface area contributed by atoms with Crippen molar-refractivity contribution in [2.24, 2.45) is 11.5 Å². The number of nitrogens with two attached hydrogens (primary N) is 2. The third kappa shape index (κ3) is 8.75. The Morgan fingerprint density at radius 3 is 1.83 bits per heavy atom. The highest BCUT2D eigenvalue weighted by Gasteiger charge is 2.33. The Labute approximate surface area is 274 Å². The molecule has 0 bridgehead atoms. The van der Waals surface area contributed by atoms with Crippen LogP contribution in [0.5, 0.6) is 0 Å². The number of benzene rings is 4. The summed E-state index contributed by atoms with van der Waals surface area (Å²) in [4.78, 5) is 36.8. The van der Waals surface area contributed by atoms with Gasteiger partial charge < -0.3 is 35.7 Å². The second kappa shape index (κ2) is 16.4. The molecule has 5 rings (SSSR count). The molecule has 244 valence electrons. The maximum atomic E-state index is 13.3. The second-order valence-corrected chi connectivity index (χ2v) is 11.3. The molecule has 1 aliphatic carbocycles. The van der Waals surface area contributed by atoms with Crippen molar-refractivity contribution in [1.82, 2.24) is 5.32 Å². The summed E-state index contributed by atoms with van der Waals surface area (Å²) in [7, 11) is 0. The van der Waals surface area contributed by atoms with E-state index in [4.69, 9.17) is 30.4 Å². The minimum atomic E-state index is -0.990. The zero-order valence-electron chi connectivity index (χ0n) is 25.9. The van der Waals surface area contributed by atoms with E-state index in [-0.39, 0.29) is 25.7 Å². The molecule has 0 radical (unpaired) electrons. The van der Waals surface area contributed by atoms with Crippen molar-refractivity contribution < 1.29 is 33.3 Å². The SMILES string of the molecule is NCC(OCC(OC(=O)OCC1c2ccccc2-c2ccccc21)C(Cc1ccccc1)NC=O)C(Cc1ccccc1)OC(N)=O. The van der Waals surface area contributed by atoms with Crippen LogP contribution < -0.4 is 16.8 Å². The zero-order chi connectivity index (χ0) is 33.0. The summed E-state index contributed by atoms with van der Waals surface area (Å²) in [6, 6.07) is 34.2. The van der Waals surface area contributed by atoms with Crippen molar-refractivity contribution in [2.45, 2.75) is 43.1 Å². The molecule has 4 aromatic carbocycles. The fourth-order valence-electron chi connectivity index (χ4n) is 6.02. The van der Waals surface area contributed by atoms with Gasteiger partial charge in [-0.3, -0.25) is 4.79 Å². The lowest BCUT2D eigenvalue weighted by molar-refractivity contribution is -0.113. The van der Waals surface area contributed by atoms with Gasteiger partial charge in [-0.25, -0.2) is 9.59 Å². The fourth-order valence-corrected chi connectivity index (χ4v) is 6.02. The Balaban J connectivity index is 1.32. The summed E-state index contributed by atoms with van der Waals surface area (Å²) in [5.41, 5.74) is 17.6. The van der Waals surface area contributed by atoms with E-state index < -0.39 is 36.6 Å². The molecular weight excluding hydrogens is 598 g/mol. The molecule has 0 saturated carbocycles. The number of ether oxygens (including phenoxy) is 4. The highest BCUT2D eigenvalue weighted by molar-refractivity contribution is 5.79. The summed E-state index contributed by atoms with van der Waals surface area (Å²) in [5, 5.41) is 2.77. The van der Waals surface area contributed by atoms with Crippen LogP contribution in [0.15, 0.2) is 109 Å². The van der Waals surface area contributed by atoms with Crippen LogP contribution in [-0.2, 0) is 36.6 Å². The van der Waals surface area contributed by atoms with E-state index in [2.05, 4.69) is 17.4 Å². The van der Waals surface area contributed by atoms with Crippen molar-refractivity contribution in [3.05, 3.63) is 131 Å². The van der Waals surface area contributed by atoms with Crippen LogP contribution in [0, 0.1) is 0 Å². The minimum Gasteiger partial charge on any atom is -0.443 e. The third-order valence-electron chi connectivity index (χ3n) is 8.28. The van der Waals surface area contributed by atoms with Crippen LogP contribution in [0.4, 0.5) is 9.59 Å². The number of nitrogens with one attached hydrogen (secondary N) is 1. The van der Waals surface area contributed by atoms with E-state index in [0.717, 1.165) is 33.4 Å². The maximum absolute atomic E-state index is 13.3. The Morgan fingerprint density at radius 2 is 1.28 bits per heavy atom. The first-order valence-corrected chi connectivity index (χ1v) is 15.5. The molecule has 47 heavy (non-hydrogen) atoms. The molecule has 0 aromatic heterocycles. The van der Waals surface area contributed by atoms with E-state index in [0.29, 0.717) is 19.3 Å². The predicted molar refractivity (Wildman–Crippen MR) is 176 cm³/mol. The number of hydrogen-bond donors (Lipinski definition) is 3. The Hall–Kier alpha value is -5.19. The van der Waals surface area contributed by atoms with E-state index in [1.54, 1.807) is 0 Å². The van der Waals surface area contributed by atoms with E-state index in [1.807, 2.05) is 97.1 Å². The molecule has 0 saturated heterocycles. The Bertz CT molecular complexity index is 1570. The number of hydrogen-bond acceptors (Lipinski definition) is 8. The van der Waals surface area contributed by atoms with Crippen molar-refractivity contribution in [2.75, 3.05) is 19.8 Å². The van der Waals surface area contributed by atoms with Crippen molar-refractivity contribution >= 4 is 18.7 Å². The maximum Gasteiger partial charge on any atom is 0.508 e. The molecule has 0 spiro atoms. The van der Waals surface area contributed by atoms with Gasteiger partial charge in [0.25, 0.3) is 0 Å². The van der Waals surface area contributed by atoms with Crippen LogP contribution in [0.2, 0.25) is 0 Å². The molecule has 10 heteroatoms. The topological polar surface area (TPSA) is 152 Å². The third-order valence-corrected chi connectivity index (χ3v) is 8.28. The van der Waals surface area contributed by atoms with Crippen molar-refractivity contribution in [3.8, 4) is 11.1 Å². The van der Waals surface area contributed by atoms with E-state index >= 15 is 0 Å². The molecule has 4 atom stereocenters. The van der Waals surface area contributed by atoms with Gasteiger partial charge in [0.2, 0.25) is 6.41 Å². The number of carbonyl (C=O) groups excluding carboxylic acids is 3. The fraction of sp³-hybridized carbons (Fsp3) is 0.270. The van der Waals surface area contributed by atoms with Crippen LogP contribution in [0.25, 0.3) is 11.1 Å². The molecule has 1 aliphatic rings.